The molecule has 16 heteroatoms. The van der Waals surface area contributed by atoms with Crippen LogP contribution >= 0.6 is 11.6 Å². The Morgan fingerprint density at radius 1 is 0.946 bits per heavy atom. The molecule has 0 atom stereocenters. The molecule has 0 bridgehead atoms. The molecule has 0 spiro atoms. The fourth-order valence-corrected chi connectivity index (χ4v) is 9.16. The van der Waals surface area contributed by atoms with Gasteiger partial charge in [-0.15, -0.1) is 0 Å². The van der Waals surface area contributed by atoms with Gasteiger partial charge in [0.25, 0.3) is 0 Å². The molecule has 0 fully saturated rings. The second-order valence-electron chi connectivity index (χ2n) is 13.4. The van der Waals surface area contributed by atoms with Gasteiger partial charge in [-0.2, -0.15) is 4.72 Å². The number of imidazole rings is 2. The first-order valence-electron chi connectivity index (χ1n) is 17.6. The summed E-state index contributed by atoms with van der Waals surface area (Å²) in [5, 5.41) is 17.1. The molecule has 0 unspecified atom stereocenters. The second-order valence-corrected chi connectivity index (χ2v) is 17.1. The molecule has 5 N–H and O–H groups in total. The van der Waals surface area contributed by atoms with Crippen LogP contribution in [0.1, 0.15) is 40.7 Å². The largest absolute Gasteiger partial charge is 0.478 e. The van der Waals surface area contributed by atoms with Gasteiger partial charge in [0.05, 0.1) is 45.0 Å². The van der Waals surface area contributed by atoms with E-state index in [4.69, 9.17) is 26.7 Å². The predicted octanol–water partition coefficient (Wildman–Crippen LogP) is 6.91. The highest BCUT2D eigenvalue weighted by molar-refractivity contribution is 7.90. The molecule has 56 heavy (non-hydrogen) atoms. The van der Waals surface area contributed by atoms with E-state index in [1.807, 2.05) is 42.5 Å². The molecule has 7 aromatic rings. The number of aryl methyl sites for hydroxylation is 3. The molecular formula is C40H38ClN7O6S2. The van der Waals surface area contributed by atoms with Crippen molar-refractivity contribution in [2.75, 3.05) is 12.0 Å². The van der Waals surface area contributed by atoms with Gasteiger partial charge >= 0.3 is 5.97 Å². The SMILES string of the molecule is CCCc1nc2c(C)cc(-c3nc4ccccc4n3C)cc2n1Cc1ccc(-c2ccccc2C(=O)O)cc1.NS(=O)(=O)c1cc2c(cc1Cl)NCNS2(=O)=O. The van der Waals surface area contributed by atoms with Gasteiger partial charge in [-0.05, 0) is 78.1 Å². The van der Waals surface area contributed by atoms with Crippen LogP contribution in [0.25, 0.3) is 44.6 Å². The summed E-state index contributed by atoms with van der Waals surface area (Å²) < 4.78 is 52.3. The minimum Gasteiger partial charge on any atom is -0.478 e. The van der Waals surface area contributed by atoms with Gasteiger partial charge in [0.1, 0.15) is 21.4 Å². The van der Waals surface area contributed by atoms with E-state index >= 15 is 0 Å². The minimum absolute atomic E-state index is 0.0143. The number of carboxylic acids is 1. The van der Waals surface area contributed by atoms with E-state index in [9.17, 15) is 26.7 Å². The number of nitrogens with one attached hydrogen (secondary N) is 2. The van der Waals surface area contributed by atoms with Crippen molar-refractivity contribution in [2.24, 2.45) is 12.2 Å². The fourth-order valence-electron chi connectivity index (χ4n) is 6.88. The average Bonchev–Trinajstić information content (AvgIpc) is 3.68. The van der Waals surface area contributed by atoms with Gasteiger partial charge in [0, 0.05) is 25.6 Å². The third-order valence-electron chi connectivity index (χ3n) is 9.58. The van der Waals surface area contributed by atoms with E-state index in [-0.39, 0.29) is 22.3 Å². The van der Waals surface area contributed by atoms with Gasteiger partial charge in [-0.25, -0.2) is 36.7 Å². The van der Waals surface area contributed by atoms with Gasteiger partial charge in [-0.1, -0.05) is 73.1 Å². The number of fused-ring (bicyclic) bond motifs is 3. The third kappa shape index (κ3) is 7.51. The number of nitrogens with two attached hydrogens (primary N) is 1. The second kappa shape index (κ2) is 15.2. The van der Waals surface area contributed by atoms with E-state index in [2.05, 4.69) is 70.4 Å². The number of hydrogen-bond donors (Lipinski definition) is 4. The zero-order valence-electron chi connectivity index (χ0n) is 30.6. The summed E-state index contributed by atoms with van der Waals surface area (Å²) in [6.07, 6.45) is 1.89. The lowest BCUT2D eigenvalue weighted by atomic mass is 9.98. The lowest BCUT2D eigenvalue weighted by Gasteiger charge is -2.20. The van der Waals surface area contributed by atoms with Crippen molar-refractivity contribution in [1.82, 2.24) is 23.8 Å². The molecule has 5 aromatic carbocycles. The summed E-state index contributed by atoms with van der Waals surface area (Å²) in [4.78, 5) is 21.1. The van der Waals surface area contributed by atoms with Crippen LogP contribution in [0.2, 0.25) is 5.02 Å². The number of primary sulfonamides is 1. The van der Waals surface area contributed by atoms with Crippen LogP contribution in [0.5, 0.6) is 0 Å². The van der Waals surface area contributed by atoms with Crippen molar-refractivity contribution in [3.05, 3.63) is 125 Å². The summed E-state index contributed by atoms with van der Waals surface area (Å²) in [6.45, 7) is 4.99. The number of aromatic nitrogens is 4. The van der Waals surface area contributed by atoms with Gasteiger partial charge < -0.3 is 19.6 Å². The van der Waals surface area contributed by atoms with Crippen LogP contribution in [0, 0.1) is 6.92 Å². The van der Waals surface area contributed by atoms with Gasteiger partial charge in [0.15, 0.2) is 0 Å². The summed E-state index contributed by atoms with van der Waals surface area (Å²) in [5.41, 5.74) is 9.70. The third-order valence-corrected chi connectivity index (χ3v) is 12.4. The Kier molecular flexibility index (Phi) is 10.5. The Balaban J connectivity index is 0.000000236. The number of carboxylic acid groups (broad SMARTS) is 1. The molecule has 288 valence electrons. The highest BCUT2D eigenvalue weighted by Gasteiger charge is 2.27. The standard InChI is InChI=1S/C33H30N4O2.C7H8ClN3O4S2/c1-4-9-30-35-31-21(2)18-24(32-34-27-12-7-8-13-28(27)36(32)3)19-29(31)37(30)20-22-14-16-23(17-15-22)25-10-5-6-11-26(25)33(38)39;8-4-1-5-7(2-6(4)16(9,12)13)17(14,15)11-3-10-5/h5-8,10-19H,4,9,20H2,1-3H3,(H,38,39);1-2,10-11H,3H2,(H2,9,12,13). The van der Waals surface area contributed by atoms with Crippen LogP contribution in [0.3, 0.4) is 0 Å². The molecule has 1 aliphatic rings. The monoisotopic (exact) mass is 811 g/mol. The van der Waals surface area contributed by atoms with Crippen molar-refractivity contribution in [1.29, 1.82) is 0 Å². The zero-order valence-corrected chi connectivity index (χ0v) is 33.0. The maximum absolute atomic E-state index is 11.7. The fraction of sp³-hybridized carbons (Fsp3) is 0.175. The Morgan fingerprint density at radius 2 is 1.66 bits per heavy atom. The predicted molar refractivity (Wildman–Crippen MR) is 218 cm³/mol. The van der Waals surface area contributed by atoms with Crippen LogP contribution in [-0.4, -0.2) is 53.7 Å². The average molecular weight is 812 g/mol. The van der Waals surface area contributed by atoms with Crippen molar-refractivity contribution in [3.8, 4) is 22.5 Å². The highest BCUT2D eigenvalue weighted by atomic mass is 35.5. The number of hydrogen-bond acceptors (Lipinski definition) is 8. The molecule has 2 aromatic heterocycles. The Labute approximate surface area is 328 Å². The Bertz CT molecular complexity index is 2890. The molecule has 0 aliphatic carbocycles. The molecule has 3 heterocycles. The first-order valence-corrected chi connectivity index (χ1v) is 21.0. The van der Waals surface area contributed by atoms with E-state index < -0.39 is 30.9 Å². The van der Waals surface area contributed by atoms with E-state index in [0.29, 0.717) is 12.1 Å². The Hall–Kier alpha value is -5.58. The van der Waals surface area contributed by atoms with Crippen LogP contribution in [-0.2, 0) is 40.1 Å². The van der Waals surface area contributed by atoms with Gasteiger partial charge in [0.2, 0.25) is 20.0 Å². The topological polar surface area (TPSA) is 191 Å². The smallest absolute Gasteiger partial charge is 0.336 e. The molecule has 8 rings (SSSR count). The Morgan fingerprint density at radius 3 is 2.36 bits per heavy atom. The van der Waals surface area contributed by atoms with E-state index in [1.54, 1.807) is 12.1 Å². The number of halogens is 1. The van der Waals surface area contributed by atoms with E-state index in [0.717, 1.165) is 80.4 Å². The number of sulfonamides is 2. The highest BCUT2D eigenvalue weighted by Crippen LogP contribution is 2.33. The number of rotatable bonds is 8. The number of carbonyl (C=O) groups is 1. The van der Waals surface area contributed by atoms with Crippen molar-refractivity contribution in [2.45, 2.75) is 43.0 Å². The van der Waals surface area contributed by atoms with E-state index in [1.165, 1.54) is 6.07 Å². The molecule has 1 aliphatic heterocycles. The molecule has 0 amide bonds. The van der Waals surface area contributed by atoms with Crippen LogP contribution in [0.4, 0.5) is 5.69 Å². The number of para-hydroxylation sites is 2. The number of benzene rings is 5. The maximum Gasteiger partial charge on any atom is 0.336 e. The number of anilines is 1. The summed E-state index contributed by atoms with van der Waals surface area (Å²) in [6, 6.07) is 30.1. The van der Waals surface area contributed by atoms with Crippen molar-refractivity contribution < 1.29 is 26.7 Å². The summed E-state index contributed by atoms with van der Waals surface area (Å²) >= 11 is 5.72. The zero-order chi connectivity index (χ0) is 39.9. The van der Waals surface area contributed by atoms with Crippen LogP contribution < -0.4 is 15.2 Å². The first-order chi connectivity index (χ1) is 26.7. The van der Waals surface area contributed by atoms with Crippen LogP contribution in [0.15, 0.2) is 107 Å². The minimum atomic E-state index is -4.07. The molecular weight excluding hydrogens is 774 g/mol. The van der Waals surface area contributed by atoms with Crippen molar-refractivity contribution in [3.63, 3.8) is 0 Å². The maximum atomic E-state index is 11.7. The quantitative estimate of drug-likeness (QED) is 0.126. The number of aromatic carboxylic acids is 1. The molecule has 0 saturated carbocycles. The summed E-state index contributed by atoms with van der Waals surface area (Å²) in [7, 11) is -5.74. The number of nitrogens with zero attached hydrogens (tertiary/aromatic N) is 4. The molecule has 13 nitrogen and oxygen atoms in total. The summed E-state index contributed by atoms with van der Waals surface area (Å²) in [5.74, 6) is 1.08. The lowest BCUT2D eigenvalue weighted by molar-refractivity contribution is 0.0697. The normalized spacial score (nSPS) is 13.5. The van der Waals surface area contributed by atoms with Gasteiger partial charge in [-0.3, -0.25) is 0 Å². The van der Waals surface area contributed by atoms with Crippen molar-refractivity contribution >= 4 is 65.4 Å². The lowest BCUT2D eigenvalue weighted by Crippen LogP contribution is -2.34. The molecule has 0 saturated heterocycles. The first kappa shape index (κ1) is 38.7. The molecule has 0 radical (unpaired) electrons.